The number of amides is 1. The van der Waals surface area contributed by atoms with Crippen LogP contribution in [0.15, 0.2) is 18.2 Å². The Hall–Kier alpha value is -1.74. The average molecular weight is 318 g/mol. The van der Waals surface area contributed by atoms with Gasteiger partial charge in [-0.05, 0) is 0 Å². The van der Waals surface area contributed by atoms with Gasteiger partial charge in [0.25, 0.3) is 0 Å². The summed E-state index contributed by atoms with van der Waals surface area (Å²) < 4.78 is 2.58. The van der Waals surface area contributed by atoms with Gasteiger partial charge in [0.1, 0.15) is 0 Å². The van der Waals surface area contributed by atoms with E-state index in [1.54, 1.807) is 4.68 Å². The van der Waals surface area contributed by atoms with Crippen molar-refractivity contribution in [2.75, 3.05) is 11.9 Å². The summed E-state index contributed by atoms with van der Waals surface area (Å²) in [4.78, 5) is 11.6. The molecule has 1 unspecified atom stereocenters. The second-order valence-corrected chi connectivity index (χ2v) is 5.79. The summed E-state index contributed by atoms with van der Waals surface area (Å²) in [5.74, 6) is -0.416. The number of aryl methyl sites for hydroxylation is 1. The molecule has 98 valence electrons. The SMILES string of the molecule is Cn1nc(-c2ccc3c(c2)CCN3)c(C(N)=O)c1[AsH2]. The second-order valence-electron chi connectivity index (χ2n) is 4.65. The summed E-state index contributed by atoms with van der Waals surface area (Å²) in [7, 11) is 1.84. The van der Waals surface area contributed by atoms with E-state index in [1.807, 2.05) is 19.2 Å². The van der Waals surface area contributed by atoms with Crippen molar-refractivity contribution >= 4 is 32.9 Å². The maximum atomic E-state index is 11.6. The van der Waals surface area contributed by atoms with Crippen LogP contribution in [0.25, 0.3) is 11.3 Å². The third-order valence-corrected chi connectivity index (χ3v) is 4.82. The molecule has 3 N–H and O–H groups in total. The van der Waals surface area contributed by atoms with Crippen LogP contribution in [-0.4, -0.2) is 39.1 Å². The zero-order valence-electron chi connectivity index (χ0n) is 10.6. The molecule has 0 radical (unpaired) electrons. The van der Waals surface area contributed by atoms with E-state index in [4.69, 9.17) is 5.73 Å². The van der Waals surface area contributed by atoms with Crippen molar-refractivity contribution in [3.05, 3.63) is 29.3 Å². The van der Waals surface area contributed by atoms with Crippen LogP contribution < -0.4 is 15.5 Å². The zero-order valence-corrected chi connectivity index (χ0v) is 13.0. The molecule has 2 aromatic rings. The molecule has 0 aliphatic carbocycles. The third-order valence-electron chi connectivity index (χ3n) is 3.43. The standard InChI is InChI=1S/C13H15AsN4O/c1-18-12(14)10(13(15)19)11(17-18)8-2-3-9-7(6-8)4-5-16-9/h2-3,6,16H,4-5,14H2,1H3,(H2,15,19). The van der Waals surface area contributed by atoms with E-state index in [0.717, 1.165) is 23.0 Å². The molecule has 0 bridgehead atoms. The van der Waals surface area contributed by atoms with Crippen LogP contribution in [0, 0.1) is 0 Å². The molecule has 1 aliphatic heterocycles. The average Bonchev–Trinajstić information content (AvgIpc) is 2.94. The fourth-order valence-corrected chi connectivity index (χ4v) is 3.14. The number of hydrogen-bond donors (Lipinski definition) is 2. The van der Waals surface area contributed by atoms with Gasteiger partial charge in [-0.2, -0.15) is 0 Å². The molecule has 5 nitrogen and oxygen atoms in total. The number of primary amides is 1. The summed E-state index contributed by atoms with van der Waals surface area (Å²) in [6.07, 6.45) is 1.00. The number of benzene rings is 1. The summed E-state index contributed by atoms with van der Waals surface area (Å²) in [6.45, 7) is 0.964. The zero-order chi connectivity index (χ0) is 13.6. The normalized spacial score (nSPS) is 13.2. The van der Waals surface area contributed by atoms with Crippen LogP contribution in [0.5, 0.6) is 0 Å². The summed E-state index contributed by atoms with van der Waals surface area (Å²) in [5.41, 5.74) is 10.1. The molecule has 1 aromatic carbocycles. The Morgan fingerprint density at radius 3 is 3.05 bits per heavy atom. The molecule has 1 aromatic heterocycles. The molecule has 0 spiro atoms. The Bertz CT molecular complexity index is 678. The predicted molar refractivity (Wildman–Crippen MR) is 77.5 cm³/mol. The first-order chi connectivity index (χ1) is 9.08. The molecule has 3 rings (SSSR count). The van der Waals surface area contributed by atoms with E-state index in [0.29, 0.717) is 11.3 Å². The Kier molecular flexibility index (Phi) is 2.86. The first-order valence-corrected chi connectivity index (χ1v) is 7.28. The van der Waals surface area contributed by atoms with E-state index in [-0.39, 0.29) is 0 Å². The summed E-state index contributed by atoms with van der Waals surface area (Å²) in [5, 5.41) is 7.76. The molecule has 19 heavy (non-hydrogen) atoms. The van der Waals surface area contributed by atoms with E-state index in [9.17, 15) is 4.79 Å². The quantitative estimate of drug-likeness (QED) is 0.727. The van der Waals surface area contributed by atoms with Crippen LogP contribution >= 0.6 is 0 Å². The van der Waals surface area contributed by atoms with Crippen molar-refractivity contribution in [2.45, 2.75) is 6.42 Å². The topological polar surface area (TPSA) is 72.9 Å². The van der Waals surface area contributed by atoms with Crippen molar-refractivity contribution in [1.82, 2.24) is 9.78 Å². The van der Waals surface area contributed by atoms with Crippen molar-refractivity contribution in [3.63, 3.8) is 0 Å². The number of anilines is 1. The van der Waals surface area contributed by atoms with Gasteiger partial charge in [-0.3, -0.25) is 0 Å². The fraction of sp³-hybridized carbons (Fsp3) is 0.231. The van der Waals surface area contributed by atoms with Crippen molar-refractivity contribution in [1.29, 1.82) is 0 Å². The molecular formula is C13H15AsN4O. The van der Waals surface area contributed by atoms with Gasteiger partial charge in [0.05, 0.1) is 0 Å². The number of carbonyl (C=O) groups is 1. The van der Waals surface area contributed by atoms with Crippen LogP contribution in [-0.2, 0) is 13.5 Å². The van der Waals surface area contributed by atoms with Gasteiger partial charge in [-0.15, -0.1) is 0 Å². The molecule has 0 saturated heterocycles. The number of rotatable bonds is 2. The first-order valence-electron chi connectivity index (χ1n) is 6.07. The van der Waals surface area contributed by atoms with Crippen molar-refractivity contribution < 1.29 is 4.79 Å². The first kappa shape index (κ1) is 12.3. The van der Waals surface area contributed by atoms with Gasteiger partial charge < -0.3 is 0 Å². The second kappa shape index (κ2) is 4.42. The van der Waals surface area contributed by atoms with Gasteiger partial charge >= 0.3 is 119 Å². The molecular weight excluding hydrogens is 303 g/mol. The summed E-state index contributed by atoms with van der Waals surface area (Å²) >= 11 is 1.35. The number of fused-ring (bicyclic) bond motifs is 1. The number of aromatic nitrogens is 2. The molecule has 0 saturated carbocycles. The van der Waals surface area contributed by atoms with E-state index >= 15 is 0 Å². The van der Waals surface area contributed by atoms with Crippen LogP contribution in [0.3, 0.4) is 0 Å². The molecule has 1 atom stereocenters. The third kappa shape index (κ3) is 1.94. The Morgan fingerprint density at radius 1 is 1.53 bits per heavy atom. The van der Waals surface area contributed by atoms with E-state index in [2.05, 4.69) is 16.5 Å². The number of carbonyl (C=O) groups excluding carboxylic acids is 1. The number of nitrogens with zero attached hydrogens (tertiary/aromatic N) is 2. The predicted octanol–water partition coefficient (Wildman–Crippen LogP) is -0.588. The van der Waals surface area contributed by atoms with Crippen molar-refractivity contribution in [3.8, 4) is 11.3 Å². The Balaban J connectivity index is 2.17. The van der Waals surface area contributed by atoms with E-state index in [1.165, 1.54) is 28.1 Å². The fourth-order valence-electron chi connectivity index (χ4n) is 2.43. The van der Waals surface area contributed by atoms with Crippen LogP contribution in [0.1, 0.15) is 15.9 Å². The van der Waals surface area contributed by atoms with E-state index < -0.39 is 5.91 Å². The number of nitrogens with two attached hydrogens (primary N) is 1. The Labute approximate surface area is 119 Å². The van der Waals surface area contributed by atoms with Gasteiger partial charge in [-0.25, -0.2) is 0 Å². The number of nitrogens with one attached hydrogen (secondary N) is 1. The van der Waals surface area contributed by atoms with Crippen molar-refractivity contribution in [2.24, 2.45) is 12.8 Å². The van der Waals surface area contributed by atoms with Crippen LogP contribution in [0.2, 0.25) is 0 Å². The molecule has 1 amide bonds. The molecule has 0 fully saturated rings. The molecule has 6 heteroatoms. The van der Waals surface area contributed by atoms with Crippen LogP contribution in [0.4, 0.5) is 5.69 Å². The number of hydrogen-bond acceptors (Lipinski definition) is 3. The summed E-state index contributed by atoms with van der Waals surface area (Å²) in [6, 6.07) is 6.12. The molecule has 1 aliphatic rings. The Morgan fingerprint density at radius 2 is 2.32 bits per heavy atom. The van der Waals surface area contributed by atoms with Gasteiger partial charge in [-0.1, -0.05) is 0 Å². The monoisotopic (exact) mass is 318 g/mol. The maximum absolute atomic E-state index is 11.6. The minimum absolute atomic E-state index is 0.416. The van der Waals surface area contributed by atoms with Gasteiger partial charge in [0, 0.05) is 0 Å². The molecule has 2 heterocycles. The van der Waals surface area contributed by atoms with Gasteiger partial charge in [0.2, 0.25) is 0 Å². The minimum atomic E-state index is -0.416. The van der Waals surface area contributed by atoms with Gasteiger partial charge in [0.15, 0.2) is 0 Å².